The fourth-order valence-electron chi connectivity index (χ4n) is 1.30. The molecule has 1 N–H and O–H groups in total. The molecule has 0 bridgehead atoms. The van der Waals surface area contributed by atoms with E-state index in [1.54, 1.807) is 18.2 Å². The third kappa shape index (κ3) is 1.47. The number of carbonyl (C=O) groups is 1. The van der Waals surface area contributed by atoms with E-state index in [0.29, 0.717) is 6.42 Å². The molecule has 1 aliphatic rings. The molecule has 0 spiro atoms. The maximum Gasteiger partial charge on any atom is 0.317 e. The number of rotatable bonds is 3. The lowest BCUT2D eigenvalue weighted by Gasteiger charge is -2.22. The van der Waals surface area contributed by atoms with Crippen molar-refractivity contribution in [3.05, 3.63) is 37.0 Å². The smallest absolute Gasteiger partial charge is 0.317 e. The van der Waals surface area contributed by atoms with E-state index in [0.717, 1.165) is 6.42 Å². The van der Waals surface area contributed by atoms with Crippen LogP contribution in [-0.2, 0) is 4.79 Å². The second kappa shape index (κ2) is 3.39. The molecule has 2 heteroatoms. The van der Waals surface area contributed by atoms with Crippen LogP contribution < -0.4 is 0 Å². The highest BCUT2D eigenvalue weighted by atomic mass is 16.4. The molecule has 0 radical (unpaired) electrons. The third-order valence-corrected chi connectivity index (χ3v) is 1.98. The average molecular weight is 164 g/mol. The van der Waals surface area contributed by atoms with Gasteiger partial charge >= 0.3 is 5.97 Å². The second-order valence-electron chi connectivity index (χ2n) is 2.88. The van der Waals surface area contributed by atoms with Crippen molar-refractivity contribution in [1.82, 2.24) is 0 Å². The van der Waals surface area contributed by atoms with Gasteiger partial charge in [-0.2, -0.15) is 0 Å². The van der Waals surface area contributed by atoms with Gasteiger partial charge < -0.3 is 5.11 Å². The first kappa shape index (κ1) is 8.78. The van der Waals surface area contributed by atoms with E-state index in [1.807, 2.05) is 12.2 Å². The number of carboxylic acids is 1. The largest absolute Gasteiger partial charge is 0.480 e. The van der Waals surface area contributed by atoms with Crippen LogP contribution in [0.3, 0.4) is 0 Å². The lowest BCUT2D eigenvalue weighted by atomic mass is 9.81. The summed E-state index contributed by atoms with van der Waals surface area (Å²) < 4.78 is 0. The molecular formula is C10H12O2. The molecule has 0 aromatic rings. The number of carboxylic acid groups (broad SMARTS) is 1. The Morgan fingerprint density at radius 1 is 1.58 bits per heavy atom. The van der Waals surface area contributed by atoms with Crippen molar-refractivity contribution < 1.29 is 9.90 Å². The van der Waals surface area contributed by atoms with Crippen LogP contribution in [0.5, 0.6) is 0 Å². The number of aliphatic carboxylic acids is 1. The van der Waals surface area contributed by atoms with E-state index in [1.165, 1.54) is 0 Å². The molecule has 1 aliphatic carbocycles. The Balaban J connectivity index is 2.92. The third-order valence-electron chi connectivity index (χ3n) is 1.98. The van der Waals surface area contributed by atoms with Crippen LogP contribution in [0.25, 0.3) is 0 Å². The predicted octanol–water partition coefficient (Wildman–Crippen LogP) is 2.15. The molecule has 64 valence electrons. The summed E-state index contributed by atoms with van der Waals surface area (Å²) in [6.45, 7) is 3.55. The maximum atomic E-state index is 10.9. The molecule has 0 atom stereocenters. The Bertz CT molecular complexity index is 237. The Labute approximate surface area is 71.9 Å². The molecule has 0 aromatic carbocycles. The van der Waals surface area contributed by atoms with Crippen molar-refractivity contribution in [2.45, 2.75) is 12.8 Å². The average Bonchev–Trinajstić information content (AvgIpc) is 2.06. The van der Waals surface area contributed by atoms with Gasteiger partial charge in [0.25, 0.3) is 0 Å². The van der Waals surface area contributed by atoms with Gasteiger partial charge in [0.2, 0.25) is 0 Å². The first-order chi connectivity index (χ1) is 5.71. The van der Waals surface area contributed by atoms with Gasteiger partial charge in [-0.25, -0.2) is 0 Å². The summed E-state index contributed by atoms with van der Waals surface area (Å²) in [5.41, 5.74) is -0.833. The highest BCUT2D eigenvalue weighted by molar-refractivity contribution is 5.80. The van der Waals surface area contributed by atoms with E-state index in [4.69, 9.17) is 5.11 Å². The molecule has 0 aliphatic heterocycles. The quantitative estimate of drug-likeness (QED) is 0.649. The van der Waals surface area contributed by atoms with Crippen LogP contribution in [0.4, 0.5) is 0 Å². The zero-order valence-electron chi connectivity index (χ0n) is 6.86. The van der Waals surface area contributed by atoms with Crippen LogP contribution in [0.1, 0.15) is 12.8 Å². The first-order valence-electron chi connectivity index (χ1n) is 3.91. The van der Waals surface area contributed by atoms with Gasteiger partial charge in [-0.3, -0.25) is 4.79 Å². The number of hydrogen-bond acceptors (Lipinski definition) is 1. The first-order valence-corrected chi connectivity index (χ1v) is 3.91. The number of hydrogen-bond donors (Lipinski definition) is 1. The monoisotopic (exact) mass is 164 g/mol. The fraction of sp³-hybridized carbons (Fsp3) is 0.300. The zero-order valence-corrected chi connectivity index (χ0v) is 6.86. The Hall–Kier alpha value is -1.31. The molecule has 12 heavy (non-hydrogen) atoms. The number of allylic oxidation sites excluding steroid dienone is 3. The molecule has 0 unspecified atom stereocenters. The molecule has 0 amide bonds. The predicted molar refractivity (Wildman–Crippen MR) is 47.8 cm³/mol. The second-order valence-corrected chi connectivity index (χ2v) is 2.88. The summed E-state index contributed by atoms with van der Waals surface area (Å²) in [6.07, 6.45) is 10.1. The molecule has 0 saturated carbocycles. The van der Waals surface area contributed by atoms with E-state index in [-0.39, 0.29) is 0 Å². The van der Waals surface area contributed by atoms with Crippen LogP contribution in [-0.4, -0.2) is 11.1 Å². The van der Waals surface area contributed by atoms with Crippen molar-refractivity contribution in [2.24, 2.45) is 5.41 Å². The minimum absolute atomic E-state index is 0.454. The van der Waals surface area contributed by atoms with Gasteiger partial charge in [0.05, 0.1) is 0 Å². The summed E-state index contributed by atoms with van der Waals surface area (Å²) >= 11 is 0. The molecule has 0 fully saturated rings. The van der Waals surface area contributed by atoms with Gasteiger partial charge in [-0.05, 0) is 12.8 Å². The Kier molecular flexibility index (Phi) is 2.48. The summed E-state index contributed by atoms with van der Waals surface area (Å²) in [6, 6.07) is 0. The van der Waals surface area contributed by atoms with Gasteiger partial charge in [-0.15, -0.1) is 6.58 Å². The van der Waals surface area contributed by atoms with Crippen molar-refractivity contribution in [1.29, 1.82) is 0 Å². The van der Waals surface area contributed by atoms with Crippen molar-refractivity contribution in [3.8, 4) is 0 Å². The summed E-state index contributed by atoms with van der Waals surface area (Å²) in [5.74, 6) is -0.811. The SMILES string of the molecule is C=CCC1(C(=O)O)C=CCC=C1. The summed E-state index contributed by atoms with van der Waals surface area (Å²) in [4.78, 5) is 10.9. The van der Waals surface area contributed by atoms with Crippen molar-refractivity contribution in [3.63, 3.8) is 0 Å². The standard InChI is InChI=1S/C10H12O2/c1-2-6-10(9(11)12)7-4-3-5-8-10/h2,4-5,7-8H,1,3,6H2,(H,11,12). The normalized spacial score (nSPS) is 19.0. The van der Waals surface area contributed by atoms with Crippen LogP contribution >= 0.6 is 0 Å². The molecule has 1 rings (SSSR count). The highest BCUT2D eigenvalue weighted by Crippen LogP contribution is 2.29. The minimum Gasteiger partial charge on any atom is -0.480 e. The highest BCUT2D eigenvalue weighted by Gasteiger charge is 2.32. The molecular weight excluding hydrogens is 152 g/mol. The lowest BCUT2D eigenvalue weighted by Crippen LogP contribution is -2.26. The molecule has 0 aromatic heterocycles. The Morgan fingerprint density at radius 3 is 2.58 bits per heavy atom. The van der Waals surface area contributed by atoms with Gasteiger partial charge in [-0.1, -0.05) is 30.4 Å². The molecule has 0 saturated heterocycles. The van der Waals surface area contributed by atoms with Crippen molar-refractivity contribution >= 4 is 5.97 Å². The van der Waals surface area contributed by atoms with E-state index < -0.39 is 11.4 Å². The Morgan fingerprint density at radius 2 is 2.17 bits per heavy atom. The van der Waals surface area contributed by atoms with Gasteiger partial charge in [0.1, 0.15) is 5.41 Å². The fourth-order valence-corrected chi connectivity index (χ4v) is 1.30. The lowest BCUT2D eigenvalue weighted by molar-refractivity contribution is -0.143. The molecule has 0 heterocycles. The van der Waals surface area contributed by atoms with E-state index in [9.17, 15) is 4.79 Å². The van der Waals surface area contributed by atoms with E-state index in [2.05, 4.69) is 6.58 Å². The van der Waals surface area contributed by atoms with Crippen LogP contribution in [0, 0.1) is 5.41 Å². The van der Waals surface area contributed by atoms with Gasteiger partial charge in [0.15, 0.2) is 0 Å². The van der Waals surface area contributed by atoms with Crippen LogP contribution in [0.15, 0.2) is 37.0 Å². The topological polar surface area (TPSA) is 37.3 Å². The summed E-state index contributed by atoms with van der Waals surface area (Å²) in [7, 11) is 0. The van der Waals surface area contributed by atoms with E-state index >= 15 is 0 Å². The summed E-state index contributed by atoms with van der Waals surface area (Å²) in [5, 5.41) is 8.97. The van der Waals surface area contributed by atoms with Crippen molar-refractivity contribution in [2.75, 3.05) is 0 Å². The maximum absolute atomic E-state index is 10.9. The zero-order chi connectivity index (χ0) is 9.03. The molecule has 2 nitrogen and oxygen atoms in total. The minimum atomic E-state index is -0.833. The van der Waals surface area contributed by atoms with Crippen LogP contribution in [0.2, 0.25) is 0 Å². The van der Waals surface area contributed by atoms with Gasteiger partial charge in [0, 0.05) is 0 Å².